The van der Waals surface area contributed by atoms with E-state index in [9.17, 15) is 4.79 Å². The third-order valence-corrected chi connectivity index (χ3v) is 3.93. The van der Waals surface area contributed by atoms with Crippen LogP contribution in [0.5, 0.6) is 0 Å². The fourth-order valence-electron chi connectivity index (χ4n) is 2.33. The topological polar surface area (TPSA) is 89.6 Å². The summed E-state index contributed by atoms with van der Waals surface area (Å²) in [6.45, 7) is 3.96. The number of aromatic nitrogens is 4. The molecular formula is C15H16ClN5O. The van der Waals surface area contributed by atoms with E-state index in [1.807, 2.05) is 13.8 Å². The number of fused-ring (bicyclic) bond motifs is 1. The smallest absolute Gasteiger partial charge is 0.268 e. The van der Waals surface area contributed by atoms with Crippen molar-refractivity contribution >= 4 is 22.5 Å². The summed E-state index contributed by atoms with van der Waals surface area (Å²) in [5, 5.41) is 7.43. The van der Waals surface area contributed by atoms with E-state index < -0.39 is 0 Å². The highest BCUT2D eigenvalue weighted by molar-refractivity contribution is 6.35. The van der Waals surface area contributed by atoms with Gasteiger partial charge >= 0.3 is 0 Å². The third kappa shape index (κ3) is 2.30. The van der Waals surface area contributed by atoms with Gasteiger partial charge in [0.25, 0.3) is 5.56 Å². The number of nitrogens with two attached hydrogens (primary N) is 1. The van der Waals surface area contributed by atoms with Gasteiger partial charge in [-0.05, 0) is 18.1 Å². The van der Waals surface area contributed by atoms with Gasteiger partial charge in [0, 0.05) is 6.07 Å². The minimum atomic E-state index is -0.389. The summed E-state index contributed by atoms with van der Waals surface area (Å²) in [5.74, 6) is 1.13. The molecule has 114 valence electrons. The summed E-state index contributed by atoms with van der Waals surface area (Å²) < 4.78 is 1.45. The van der Waals surface area contributed by atoms with Crippen molar-refractivity contribution < 1.29 is 0 Å². The van der Waals surface area contributed by atoms with E-state index in [4.69, 9.17) is 17.3 Å². The molecule has 22 heavy (non-hydrogen) atoms. The van der Waals surface area contributed by atoms with Crippen LogP contribution >= 0.6 is 11.6 Å². The Bertz CT molecular complexity index is 870. The number of hydrogen-bond acceptors (Lipinski definition) is 4. The van der Waals surface area contributed by atoms with E-state index in [0.29, 0.717) is 27.6 Å². The highest BCUT2D eigenvalue weighted by Crippen LogP contribution is 2.24. The summed E-state index contributed by atoms with van der Waals surface area (Å²) in [7, 11) is 0. The van der Waals surface area contributed by atoms with Gasteiger partial charge in [-0.3, -0.25) is 9.89 Å². The van der Waals surface area contributed by atoms with E-state index in [2.05, 4.69) is 15.2 Å². The molecule has 0 aliphatic carbocycles. The van der Waals surface area contributed by atoms with E-state index in [0.717, 1.165) is 0 Å². The van der Waals surface area contributed by atoms with Gasteiger partial charge < -0.3 is 5.73 Å². The van der Waals surface area contributed by atoms with Crippen molar-refractivity contribution in [1.82, 2.24) is 19.7 Å². The monoisotopic (exact) mass is 317 g/mol. The summed E-state index contributed by atoms with van der Waals surface area (Å²) in [6, 6.07) is 6.51. The van der Waals surface area contributed by atoms with Gasteiger partial charge in [-0.2, -0.15) is 5.10 Å². The molecule has 1 aromatic carbocycles. The second kappa shape index (κ2) is 5.55. The summed E-state index contributed by atoms with van der Waals surface area (Å²) >= 11 is 6.18. The SMILES string of the molecule is CC(C)C(N)c1nc2cccc(Cl)c2c(=O)n1-c1ccn[nH]1. The van der Waals surface area contributed by atoms with Crippen LogP contribution < -0.4 is 11.3 Å². The first-order chi connectivity index (χ1) is 10.5. The lowest BCUT2D eigenvalue weighted by Gasteiger charge is -2.20. The van der Waals surface area contributed by atoms with Crippen molar-refractivity contribution in [1.29, 1.82) is 0 Å². The molecule has 0 radical (unpaired) electrons. The lowest BCUT2D eigenvalue weighted by atomic mass is 10.0. The molecule has 3 aromatic rings. The van der Waals surface area contributed by atoms with Crippen molar-refractivity contribution in [3.63, 3.8) is 0 Å². The molecule has 0 bridgehead atoms. The van der Waals surface area contributed by atoms with Crippen LogP contribution in [0.3, 0.4) is 0 Å². The van der Waals surface area contributed by atoms with Gasteiger partial charge in [0.1, 0.15) is 11.6 Å². The molecule has 0 saturated carbocycles. The second-order valence-corrected chi connectivity index (χ2v) is 5.86. The van der Waals surface area contributed by atoms with Gasteiger partial charge in [0.15, 0.2) is 0 Å². The molecule has 0 aliphatic heterocycles. The number of aromatic amines is 1. The van der Waals surface area contributed by atoms with Crippen LogP contribution in [0, 0.1) is 5.92 Å². The zero-order valence-corrected chi connectivity index (χ0v) is 13.0. The number of nitrogens with zero attached hydrogens (tertiary/aromatic N) is 3. The predicted octanol–water partition coefficient (Wildman–Crippen LogP) is 2.42. The second-order valence-electron chi connectivity index (χ2n) is 5.46. The minimum absolute atomic E-state index is 0.123. The van der Waals surface area contributed by atoms with E-state index in [-0.39, 0.29) is 17.5 Å². The molecule has 7 heteroatoms. The Hall–Kier alpha value is -2.18. The normalized spacial score (nSPS) is 13.0. The molecule has 2 heterocycles. The number of halogens is 1. The Balaban J connectivity index is 2.43. The van der Waals surface area contributed by atoms with Gasteiger partial charge in [-0.25, -0.2) is 9.55 Å². The Morgan fingerprint density at radius 1 is 1.32 bits per heavy atom. The first kappa shape index (κ1) is 14.7. The van der Waals surface area contributed by atoms with Crippen molar-refractivity contribution in [3.05, 3.63) is 51.7 Å². The number of hydrogen-bond donors (Lipinski definition) is 2. The summed E-state index contributed by atoms with van der Waals surface area (Å²) in [5.41, 5.74) is 6.54. The fourth-order valence-corrected chi connectivity index (χ4v) is 2.58. The number of H-pyrrole nitrogens is 1. The number of nitrogens with one attached hydrogen (secondary N) is 1. The molecular weight excluding hydrogens is 302 g/mol. The molecule has 0 aliphatic rings. The average Bonchev–Trinajstić information content (AvgIpc) is 2.99. The Labute approximate surface area is 131 Å². The molecule has 6 nitrogen and oxygen atoms in total. The van der Waals surface area contributed by atoms with Crippen LogP contribution in [0.1, 0.15) is 25.7 Å². The lowest BCUT2D eigenvalue weighted by Crippen LogP contribution is -2.31. The average molecular weight is 318 g/mol. The Kier molecular flexibility index (Phi) is 3.72. The molecule has 2 aromatic heterocycles. The quantitative estimate of drug-likeness (QED) is 0.776. The van der Waals surface area contributed by atoms with Gasteiger partial charge in [-0.1, -0.05) is 31.5 Å². The zero-order valence-electron chi connectivity index (χ0n) is 12.2. The van der Waals surface area contributed by atoms with Crippen molar-refractivity contribution in [2.24, 2.45) is 11.7 Å². The van der Waals surface area contributed by atoms with E-state index in [1.54, 1.807) is 30.5 Å². The van der Waals surface area contributed by atoms with Crippen molar-refractivity contribution in [2.45, 2.75) is 19.9 Å². The summed E-state index contributed by atoms with van der Waals surface area (Å²) in [4.78, 5) is 17.5. The largest absolute Gasteiger partial charge is 0.321 e. The van der Waals surface area contributed by atoms with Crippen LogP contribution in [-0.4, -0.2) is 19.7 Å². The maximum atomic E-state index is 12.9. The maximum absolute atomic E-state index is 12.9. The Morgan fingerprint density at radius 2 is 2.09 bits per heavy atom. The molecule has 1 unspecified atom stereocenters. The molecule has 0 spiro atoms. The highest BCUT2D eigenvalue weighted by Gasteiger charge is 2.22. The lowest BCUT2D eigenvalue weighted by molar-refractivity contribution is 0.478. The van der Waals surface area contributed by atoms with Crippen LogP contribution in [0.4, 0.5) is 0 Å². The van der Waals surface area contributed by atoms with Crippen LogP contribution in [0.2, 0.25) is 5.02 Å². The van der Waals surface area contributed by atoms with Gasteiger partial charge in [0.2, 0.25) is 0 Å². The van der Waals surface area contributed by atoms with Gasteiger partial charge in [-0.15, -0.1) is 0 Å². The first-order valence-corrected chi connectivity index (χ1v) is 7.35. The van der Waals surface area contributed by atoms with Crippen LogP contribution in [0.25, 0.3) is 16.7 Å². The number of benzene rings is 1. The van der Waals surface area contributed by atoms with Gasteiger partial charge in [0.05, 0.1) is 28.2 Å². The molecule has 3 N–H and O–H groups in total. The van der Waals surface area contributed by atoms with E-state index in [1.165, 1.54) is 4.57 Å². The minimum Gasteiger partial charge on any atom is -0.321 e. The van der Waals surface area contributed by atoms with Crippen LogP contribution in [0.15, 0.2) is 35.3 Å². The Morgan fingerprint density at radius 3 is 2.73 bits per heavy atom. The van der Waals surface area contributed by atoms with Crippen molar-refractivity contribution in [2.75, 3.05) is 0 Å². The first-order valence-electron chi connectivity index (χ1n) is 6.97. The fraction of sp³-hybridized carbons (Fsp3) is 0.267. The highest BCUT2D eigenvalue weighted by atomic mass is 35.5. The molecule has 3 rings (SSSR count). The molecule has 0 amide bonds. The maximum Gasteiger partial charge on any atom is 0.268 e. The van der Waals surface area contributed by atoms with Crippen molar-refractivity contribution in [3.8, 4) is 5.82 Å². The standard InChI is InChI=1S/C15H16ClN5O/c1-8(2)13(17)14-19-10-5-3-4-9(16)12(10)15(22)21(14)11-6-7-18-20-11/h3-8,13H,17H2,1-2H3,(H,18,20). The van der Waals surface area contributed by atoms with Crippen LogP contribution in [-0.2, 0) is 0 Å². The zero-order chi connectivity index (χ0) is 15.9. The van der Waals surface area contributed by atoms with E-state index >= 15 is 0 Å². The third-order valence-electron chi connectivity index (χ3n) is 3.62. The molecule has 0 fully saturated rings. The summed E-state index contributed by atoms with van der Waals surface area (Å²) in [6.07, 6.45) is 1.57. The molecule has 1 atom stereocenters. The predicted molar refractivity (Wildman–Crippen MR) is 86.3 cm³/mol. The molecule has 0 saturated heterocycles. The number of rotatable bonds is 3.